The second kappa shape index (κ2) is 6.22. The van der Waals surface area contributed by atoms with Gasteiger partial charge in [-0.3, -0.25) is 0 Å². The molecule has 21 heavy (non-hydrogen) atoms. The molecule has 1 aliphatic rings. The van der Waals surface area contributed by atoms with Crippen molar-refractivity contribution in [3.63, 3.8) is 0 Å². The summed E-state index contributed by atoms with van der Waals surface area (Å²) in [4.78, 5) is 11.9. The van der Waals surface area contributed by atoms with Crippen LogP contribution < -0.4 is 20.1 Å². The largest absolute Gasteiger partial charge is 0.497 e. The Balaban J connectivity index is 1.93. The quantitative estimate of drug-likeness (QED) is 0.749. The van der Waals surface area contributed by atoms with Crippen LogP contribution in [-0.4, -0.2) is 37.5 Å². The van der Waals surface area contributed by atoms with Crippen LogP contribution in [0.3, 0.4) is 0 Å². The number of rotatable bonds is 6. The number of benzene rings is 1. The van der Waals surface area contributed by atoms with Crippen LogP contribution in [-0.2, 0) is 0 Å². The number of carbonyl (C=O) groups excluding carboxylic acids is 1. The Hall–Kier alpha value is -1.95. The first-order valence-electron chi connectivity index (χ1n) is 6.95. The van der Waals surface area contributed by atoms with Gasteiger partial charge >= 0.3 is 6.03 Å². The molecule has 1 atom stereocenters. The number of methoxy groups -OCH3 is 2. The minimum Gasteiger partial charge on any atom is -0.497 e. The first kappa shape index (κ1) is 15.4. The molecule has 1 aliphatic carbocycles. The third-order valence-corrected chi connectivity index (χ3v) is 3.72. The van der Waals surface area contributed by atoms with Gasteiger partial charge < -0.3 is 25.2 Å². The lowest BCUT2D eigenvalue weighted by Gasteiger charge is -2.23. The first-order chi connectivity index (χ1) is 9.96. The van der Waals surface area contributed by atoms with Crippen molar-refractivity contribution in [1.29, 1.82) is 0 Å². The fraction of sp³-hybridized carbons (Fsp3) is 0.533. The van der Waals surface area contributed by atoms with Gasteiger partial charge in [0.2, 0.25) is 0 Å². The number of hydrogen-bond acceptors (Lipinski definition) is 4. The van der Waals surface area contributed by atoms with Crippen LogP contribution in [0.15, 0.2) is 18.2 Å². The molecule has 6 nitrogen and oxygen atoms in total. The highest BCUT2D eigenvalue weighted by Crippen LogP contribution is 2.39. The average Bonchev–Trinajstić information content (AvgIpc) is 3.31. The Kier molecular flexibility index (Phi) is 4.57. The fourth-order valence-electron chi connectivity index (χ4n) is 2.18. The molecule has 2 rings (SSSR count). The second-order valence-corrected chi connectivity index (χ2v) is 5.51. The third kappa shape index (κ3) is 4.01. The van der Waals surface area contributed by atoms with Gasteiger partial charge in [-0.15, -0.1) is 0 Å². The number of amides is 2. The first-order valence-corrected chi connectivity index (χ1v) is 6.95. The van der Waals surface area contributed by atoms with E-state index in [4.69, 9.17) is 9.47 Å². The van der Waals surface area contributed by atoms with Crippen molar-refractivity contribution in [2.24, 2.45) is 5.92 Å². The summed E-state index contributed by atoms with van der Waals surface area (Å²) < 4.78 is 10.3. The van der Waals surface area contributed by atoms with Gasteiger partial charge in [-0.25, -0.2) is 4.79 Å². The van der Waals surface area contributed by atoms with E-state index in [9.17, 15) is 9.90 Å². The standard InChI is InChI=1S/C15H22N2O4/c1-15(19,10-4-5-10)9-16-14(18)17-12-7-6-11(20-2)8-13(12)21-3/h6-8,10,19H,4-5,9H2,1-3H3,(H2,16,17,18). The highest BCUT2D eigenvalue weighted by atomic mass is 16.5. The Labute approximate surface area is 124 Å². The van der Waals surface area contributed by atoms with Gasteiger partial charge in [0.15, 0.2) is 0 Å². The number of hydrogen-bond donors (Lipinski definition) is 3. The van der Waals surface area contributed by atoms with Crippen LogP contribution in [0.5, 0.6) is 11.5 Å². The zero-order chi connectivity index (χ0) is 15.5. The van der Waals surface area contributed by atoms with E-state index >= 15 is 0 Å². The topological polar surface area (TPSA) is 79.8 Å². The van der Waals surface area contributed by atoms with Crippen LogP contribution in [0, 0.1) is 5.92 Å². The molecule has 0 heterocycles. The van der Waals surface area contributed by atoms with Gasteiger partial charge in [0, 0.05) is 12.6 Å². The molecule has 3 N–H and O–H groups in total. The number of carbonyl (C=O) groups is 1. The van der Waals surface area contributed by atoms with Crippen molar-refractivity contribution in [3.05, 3.63) is 18.2 Å². The summed E-state index contributed by atoms with van der Waals surface area (Å²) >= 11 is 0. The SMILES string of the molecule is COc1ccc(NC(=O)NCC(C)(O)C2CC2)c(OC)c1. The van der Waals surface area contributed by atoms with E-state index in [1.54, 1.807) is 32.2 Å². The molecule has 1 aromatic rings. The van der Waals surface area contributed by atoms with E-state index in [1.165, 1.54) is 7.11 Å². The van der Waals surface area contributed by atoms with E-state index in [-0.39, 0.29) is 18.5 Å². The number of aliphatic hydroxyl groups is 1. The van der Waals surface area contributed by atoms with E-state index in [0.29, 0.717) is 17.2 Å². The maximum absolute atomic E-state index is 11.9. The maximum Gasteiger partial charge on any atom is 0.319 e. The van der Waals surface area contributed by atoms with Crippen molar-refractivity contribution in [2.75, 3.05) is 26.1 Å². The minimum absolute atomic E-state index is 0.224. The highest BCUT2D eigenvalue weighted by Gasteiger charge is 2.39. The molecule has 0 bridgehead atoms. The lowest BCUT2D eigenvalue weighted by atomic mass is 10.0. The smallest absolute Gasteiger partial charge is 0.319 e. The minimum atomic E-state index is -0.846. The van der Waals surface area contributed by atoms with Crippen LogP contribution in [0.25, 0.3) is 0 Å². The monoisotopic (exact) mass is 294 g/mol. The van der Waals surface area contributed by atoms with Gasteiger partial charge in [0.05, 0.1) is 25.5 Å². The Morgan fingerprint density at radius 3 is 2.67 bits per heavy atom. The molecular weight excluding hydrogens is 272 g/mol. The molecule has 0 radical (unpaired) electrons. The predicted octanol–water partition coefficient (Wildman–Crippen LogP) is 1.99. The Morgan fingerprint density at radius 1 is 1.38 bits per heavy atom. The van der Waals surface area contributed by atoms with Gasteiger partial charge in [-0.05, 0) is 37.8 Å². The van der Waals surface area contributed by atoms with Crippen molar-refractivity contribution >= 4 is 11.7 Å². The lowest BCUT2D eigenvalue weighted by molar-refractivity contribution is 0.0398. The summed E-state index contributed by atoms with van der Waals surface area (Å²) in [5.41, 5.74) is -0.303. The second-order valence-electron chi connectivity index (χ2n) is 5.51. The average molecular weight is 294 g/mol. The molecule has 0 spiro atoms. The van der Waals surface area contributed by atoms with Crippen molar-refractivity contribution < 1.29 is 19.4 Å². The molecule has 0 aromatic heterocycles. The summed E-state index contributed by atoms with van der Waals surface area (Å²) in [5.74, 6) is 1.45. The van der Waals surface area contributed by atoms with Crippen molar-refractivity contribution in [3.8, 4) is 11.5 Å². The Bertz CT molecular complexity index is 512. The zero-order valence-corrected chi connectivity index (χ0v) is 12.6. The Morgan fingerprint density at radius 2 is 2.10 bits per heavy atom. The summed E-state index contributed by atoms with van der Waals surface area (Å²) in [6, 6.07) is 4.75. The molecule has 6 heteroatoms. The summed E-state index contributed by atoms with van der Waals surface area (Å²) in [5, 5.41) is 15.5. The van der Waals surface area contributed by atoms with Crippen molar-refractivity contribution in [2.45, 2.75) is 25.4 Å². The number of urea groups is 1. The predicted molar refractivity (Wildman–Crippen MR) is 79.9 cm³/mol. The number of ether oxygens (including phenoxy) is 2. The van der Waals surface area contributed by atoms with Gasteiger partial charge in [0.1, 0.15) is 11.5 Å². The highest BCUT2D eigenvalue weighted by molar-refractivity contribution is 5.91. The molecule has 1 unspecified atom stereocenters. The number of anilines is 1. The molecule has 1 saturated carbocycles. The van der Waals surface area contributed by atoms with Crippen LogP contribution in [0.4, 0.5) is 10.5 Å². The molecule has 116 valence electrons. The molecular formula is C15H22N2O4. The van der Waals surface area contributed by atoms with Crippen LogP contribution in [0.1, 0.15) is 19.8 Å². The summed E-state index contributed by atoms with van der Waals surface area (Å²) in [6.07, 6.45) is 2.03. The normalized spacial score (nSPS) is 16.8. The third-order valence-electron chi connectivity index (χ3n) is 3.72. The van der Waals surface area contributed by atoms with E-state index in [0.717, 1.165) is 12.8 Å². The van der Waals surface area contributed by atoms with Gasteiger partial charge in [0.25, 0.3) is 0 Å². The van der Waals surface area contributed by atoms with E-state index in [1.807, 2.05) is 0 Å². The molecule has 1 fully saturated rings. The molecule has 2 amide bonds. The van der Waals surface area contributed by atoms with Crippen molar-refractivity contribution in [1.82, 2.24) is 5.32 Å². The van der Waals surface area contributed by atoms with E-state index in [2.05, 4.69) is 10.6 Å². The summed E-state index contributed by atoms with van der Waals surface area (Å²) in [6.45, 7) is 1.97. The molecule has 0 saturated heterocycles. The zero-order valence-electron chi connectivity index (χ0n) is 12.6. The fourth-order valence-corrected chi connectivity index (χ4v) is 2.18. The molecule has 0 aliphatic heterocycles. The van der Waals surface area contributed by atoms with Gasteiger partial charge in [-0.1, -0.05) is 0 Å². The van der Waals surface area contributed by atoms with Gasteiger partial charge in [-0.2, -0.15) is 0 Å². The number of nitrogens with one attached hydrogen (secondary N) is 2. The lowest BCUT2D eigenvalue weighted by Crippen LogP contribution is -2.43. The van der Waals surface area contributed by atoms with E-state index < -0.39 is 5.60 Å². The summed E-state index contributed by atoms with van der Waals surface area (Å²) in [7, 11) is 3.09. The van der Waals surface area contributed by atoms with Crippen LogP contribution >= 0.6 is 0 Å². The maximum atomic E-state index is 11.9. The van der Waals surface area contributed by atoms with Crippen LogP contribution in [0.2, 0.25) is 0 Å². The molecule has 1 aromatic carbocycles.